The zero-order chi connectivity index (χ0) is 13.8. The van der Waals surface area contributed by atoms with Crippen molar-refractivity contribution in [3.63, 3.8) is 0 Å². The maximum absolute atomic E-state index is 12.9. The molecule has 1 aromatic heterocycles. The van der Waals surface area contributed by atoms with Crippen LogP contribution in [0.5, 0.6) is 0 Å². The minimum Gasteiger partial charge on any atom is -0.260 e. The summed E-state index contributed by atoms with van der Waals surface area (Å²) >= 11 is 0. The van der Waals surface area contributed by atoms with E-state index >= 15 is 0 Å². The Morgan fingerprint density at radius 1 is 1.33 bits per heavy atom. The van der Waals surface area contributed by atoms with Crippen LogP contribution in [0.15, 0.2) is 18.3 Å². The Kier molecular flexibility index (Phi) is 4.93. The minimum absolute atomic E-state index is 0.0141. The Hall–Kier alpha value is -1.32. The van der Waals surface area contributed by atoms with Crippen LogP contribution in [0.1, 0.15) is 56.4 Å². The third kappa shape index (κ3) is 3.86. The van der Waals surface area contributed by atoms with E-state index in [0.29, 0.717) is 5.69 Å². The van der Waals surface area contributed by atoms with Crippen LogP contribution in [0.4, 0.5) is 13.2 Å². The summed E-state index contributed by atoms with van der Waals surface area (Å²) in [6, 6.07) is 1.15. The minimum atomic E-state index is -4.33. The van der Waals surface area contributed by atoms with E-state index in [0.717, 1.165) is 18.9 Å². The first-order valence-corrected chi connectivity index (χ1v) is 6.10. The van der Waals surface area contributed by atoms with Gasteiger partial charge in [-0.3, -0.25) is 4.98 Å². The van der Waals surface area contributed by atoms with Crippen molar-refractivity contribution in [2.45, 2.75) is 45.7 Å². The molecule has 0 amide bonds. The molecule has 100 valence electrons. The van der Waals surface area contributed by atoms with Gasteiger partial charge >= 0.3 is 6.18 Å². The molecule has 0 N–H and O–H groups in total. The fourth-order valence-electron chi connectivity index (χ4n) is 1.55. The summed E-state index contributed by atoms with van der Waals surface area (Å²) in [5, 5.41) is 0. The second-order valence-corrected chi connectivity index (χ2v) is 4.54. The van der Waals surface area contributed by atoms with E-state index in [9.17, 15) is 13.2 Å². The molecular formula is C14H18F3N. The summed E-state index contributed by atoms with van der Waals surface area (Å²) in [5.74, 6) is -0.0141. The third-order valence-electron chi connectivity index (χ3n) is 2.61. The molecular weight excluding hydrogens is 239 g/mol. The second kappa shape index (κ2) is 6.03. The Balaban J connectivity index is 3.17. The van der Waals surface area contributed by atoms with Crippen molar-refractivity contribution in [1.29, 1.82) is 0 Å². The van der Waals surface area contributed by atoms with Crippen molar-refractivity contribution in [3.8, 4) is 0 Å². The van der Waals surface area contributed by atoms with Crippen LogP contribution in [-0.2, 0) is 6.18 Å². The van der Waals surface area contributed by atoms with E-state index in [1.54, 1.807) is 6.08 Å². The maximum Gasteiger partial charge on any atom is 0.417 e. The number of hydrogen-bond donors (Lipinski definition) is 0. The summed E-state index contributed by atoms with van der Waals surface area (Å²) in [5.41, 5.74) is 0.00358. The predicted molar refractivity (Wildman–Crippen MR) is 67.3 cm³/mol. The normalized spacial score (nSPS) is 12.6. The summed E-state index contributed by atoms with van der Waals surface area (Å²) < 4.78 is 38.8. The largest absolute Gasteiger partial charge is 0.417 e. The third-order valence-corrected chi connectivity index (χ3v) is 2.61. The molecule has 1 nitrogen and oxygen atoms in total. The number of nitrogens with zero attached hydrogens (tertiary/aromatic N) is 1. The number of aromatic nitrogens is 1. The van der Waals surface area contributed by atoms with Crippen molar-refractivity contribution in [2.75, 3.05) is 0 Å². The van der Waals surface area contributed by atoms with Gasteiger partial charge in [0.25, 0.3) is 0 Å². The highest BCUT2D eigenvalue weighted by molar-refractivity contribution is 5.54. The van der Waals surface area contributed by atoms with Crippen molar-refractivity contribution in [3.05, 3.63) is 35.2 Å². The van der Waals surface area contributed by atoms with E-state index in [4.69, 9.17) is 0 Å². The van der Waals surface area contributed by atoms with Gasteiger partial charge in [-0.25, -0.2) is 0 Å². The van der Waals surface area contributed by atoms with Gasteiger partial charge in [0.2, 0.25) is 0 Å². The van der Waals surface area contributed by atoms with E-state index in [2.05, 4.69) is 4.98 Å². The zero-order valence-corrected chi connectivity index (χ0v) is 10.9. The van der Waals surface area contributed by atoms with Crippen molar-refractivity contribution in [1.82, 2.24) is 4.98 Å². The Morgan fingerprint density at radius 2 is 2.00 bits per heavy atom. The molecule has 0 aliphatic carbocycles. The summed E-state index contributed by atoms with van der Waals surface area (Å²) in [7, 11) is 0. The summed E-state index contributed by atoms with van der Waals surface area (Å²) in [6.45, 7) is 5.64. The molecule has 0 aliphatic rings. The Labute approximate surface area is 106 Å². The van der Waals surface area contributed by atoms with E-state index in [-0.39, 0.29) is 11.5 Å². The van der Waals surface area contributed by atoms with Gasteiger partial charge in [0, 0.05) is 17.5 Å². The number of allylic oxidation sites excluding steroid dienone is 1. The van der Waals surface area contributed by atoms with Gasteiger partial charge in [0.05, 0.1) is 5.56 Å². The standard InChI is InChI=1S/C14H18F3N/c1-4-5-6-7-11-9-18-13(10(2)3)8-12(11)14(15,16)17/h6-10H,4-5H2,1-3H3/b7-6+. The van der Waals surface area contributed by atoms with Crippen LogP contribution in [-0.4, -0.2) is 4.98 Å². The van der Waals surface area contributed by atoms with Gasteiger partial charge < -0.3 is 0 Å². The molecule has 4 heteroatoms. The Bertz CT molecular complexity index is 420. The quantitative estimate of drug-likeness (QED) is 0.736. The van der Waals surface area contributed by atoms with E-state index in [1.165, 1.54) is 12.3 Å². The number of halogens is 3. The number of rotatable bonds is 4. The molecule has 0 aliphatic heterocycles. The maximum atomic E-state index is 12.9. The molecule has 18 heavy (non-hydrogen) atoms. The van der Waals surface area contributed by atoms with Gasteiger partial charge in [-0.2, -0.15) is 13.2 Å². The van der Waals surface area contributed by atoms with Gasteiger partial charge in [-0.15, -0.1) is 0 Å². The molecule has 0 fully saturated rings. The van der Waals surface area contributed by atoms with Crippen molar-refractivity contribution < 1.29 is 13.2 Å². The van der Waals surface area contributed by atoms with Gasteiger partial charge in [0.1, 0.15) is 0 Å². The fraction of sp³-hybridized carbons (Fsp3) is 0.500. The monoisotopic (exact) mass is 257 g/mol. The van der Waals surface area contributed by atoms with Gasteiger partial charge in [0.15, 0.2) is 0 Å². The van der Waals surface area contributed by atoms with Crippen LogP contribution in [0.3, 0.4) is 0 Å². The molecule has 0 bridgehead atoms. The summed E-state index contributed by atoms with van der Waals surface area (Å²) in [6.07, 6.45) is 1.91. The SMILES string of the molecule is CCC/C=C/c1cnc(C(C)C)cc1C(F)(F)F. The molecule has 1 heterocycles. The van der Waals surface area contributed by atoms with Crippen LogP contribution >= 0.6 is 0 Å². The molecule has 1 rings (SSSR count). The second-order valence-electron chi connectivity index (χ2n) is 4.54. The van der Waals surface area contributed by atoms with E-state index in [1.807, 2.05) is 20.8 Å². The predicted octanol–water partition coefficient (Wildman–Crippen LogP) is 5.04. The average Bonchev–Trinajstić information content (AvgIpc) is 2.28. The lowest BCUT2D eigenvalue weighted by Crippen LogP contribution is -2.09. The molecule has 0 spiro atoms. The molecule has 0 aromatic carbocycles. The number of hydrogen-bond acceptors (Lipinski definition) is 1. The van der Waals surface area contributed by atoms with Crippen molar-refractivity contribution >= 4 is 6.08 Å². The van der Waals surface area contributed by atoms with Crippen LogP contribution in [0.2, 0.25) is 0 Å². The first kappa shape index (κ1) is 14.7. The molecule has 0 saturated carbocycles. The highest BCUT2D eigenvalue weighted by Crippen LogP contribution is 2.33. The van der Waals surface area contributed by atoms with Crippen LogP contribution in [0, 0.1) is 0 Å². The molecule has 0 unspecified atom stereocenters. The first-order valence-electron chi connectivity index (χ1n) is 6.10. The fourth-order valence-corrected chi connectivity index (χ4v) is 1.55. The van der Waals surface area contributed by atoms with Crippen LogP contribution < -0.4 is 0 Å². The highest BCUT2D eigenvalue weighted by Gasteiger charge is 2.33. The zero-order valence-electron chi connectivity index (χ0n) is 10.9. The molecule has 0 atom stereocenters. The smallest absolute Gasteiger partial charge is 0.260 e. The summed E-state index contributed by atoms with van der Waals surface area (Å²) in [4.78, 5) is 4.08. The average molecular weight is 257 g/mol. The number of pyridine rings is 1. The van der Waals surface area contributed by atoms with Crippen LogP contribution in [0.25, 0.3) is 6.08 Å². The first-order chi connectivity index (χ1) is 8.36. The molecule has 0 radical (unpaired) electrons. The molecule has 1 aromatic rings. The van der Waals surface area contributed by atoms with E-state index < -0.39 is 11.7 Å². The lowest BCUT2D eigenvalue weighted by molar-refractivity contribution is -0.137. The van der Waals surface area contributed by atoms with Gasteiger partial charge in [-0.1, -0.05) is 39.3 Å². The van der Waals surface area contributed by atoms with Gasteiger partial charge in [-0.05, 0) is 18.4 Å². The number of unbranched alkanes of at least 4 members (excludes halogenated alkanes) is 1. The molecule has 0 saturated heterocycles. The number of alkyl halides is 3. The van der Waals surface area contributed by atoms with Crippen molar-refractivity contribution in [2.24, 2.45) is 0 Å². The lowest BCUT2D eigenvalue weighted by atomic mass is 10.0. The Morgan fingerprint density at radius 3 is 2.50 bits per heavy atom. The topological polar surface area (TPSA) is 12.9 Å². The highest BCUT2D eigenvalue weighted by atomic mass is 19.4. The lowest BCUT2D eigenvalue weighted by Gasteiger charge is -2.13.